The van der Waals surface area contributed by atoms with Crippen LogP contribution in [0.25, 0.3) is 0 Å². The maximum absolute atomic E-state index is 13.1. The van der Waals surface area contributed by atoms with Crippen LogP contribution in [0.5, 0.6) is 5.75 Å². The Labute approximate surface area is 99.1 Å². The lowest BCUT2D eigenvalue weighted by Crippen LogP contribution is -2.05. The van der Waals surface area contributed by atoms with Gasteiger partial charge in [0.2, 0.25) is 0 Å². The maximum Gasteiger partial charge on any atom is 0.138 e. The van der Waals surface area contributed by atoms with Gasteiger partial charge in [-0.3, -0.25) is 4.98 Å². The molecular weight excluding hydrogens is 219 g/mol. The Morgan fingerprint density at radius 2 is 2.12 bits per heavy atom. The molecule has 0 aliphatic rings. The van der Waals surface area contributed by atoms with Gasteiger partial charge in [0.1, 0.15) is 18.2 Å². The van der Waals surface area contributed by atoms with E-state index in [0.717, 1.165) is 11.1 Å². The highest BCUT2D eigenvalue weighted by atomic mass is 19.1. The van der Waals surface area contributed by atoms with E-state index in [-0.39, 0.29) is 12.4 Å². The predicted molar refractivity (Wildman–Crippen MR) is 62.9 cm³/mol. The molecule has 0 atom stereocenters. The van der Waals surface area contributed by atoms with Gasteiger partial charge in [-0.15, -0.1) is 0 Å². The highest BCUT2D eigenvalue weighted by Gasteiger charge is 2.04. The zero-order valence-electron chi connectivity index (χ0n) is 9.27. The molecule has 1 aromatic heterocycles. The lowest BCUT2D eigenvalue weighted by atomic mass is 10.1. The molecule has 0 unspecified atom stereocenters. The molecular formula is C13H13FN2O. The number of nitrogens with two attached hydrogens (primary N) is 1. The summed E-state index contributed by atoms with van der Waals surface area (Å²) >= 11 is 0. The van der Waals surface area contributed by atoms with E-state index in [2.05, 4.69) is 4.98 Å². The van der Waals surface area contributed by atoms with Crippen molar-refractivity contribution in [1.82, 2.24) is 4.98 Å². The summed E-state index contributed by atoms with van der Waals surface area (Å²) in [5, 5.41) is 0. The van der Waals surface area contributed by atoms with Crippen LogP contribution in [0.2, 0.25) is 0 Å². The van der Waals surface area contributed by atoms with Crippen molar-refractivity contribution in [3.8, 4) is 5.75 Å². The number of nitrogens with zero attached hydrogens (tertiary/aromatic N) is 1. The van der Waals surface area contributed by atoms with Crippen molar-refractivity contribution in [2.75, 3.05) is 0 Å². The average molecular weight is 232 g/mol. The first kappa shape index (κ1) is 11.5. The molecule has 17 heavy (non-hydrogen) atoms. The Bertz CT molecular complexity index is 488. The monoisotopic (exact) mass is 232 g/mol. The molecule has 0 bridgehead atoms. The largest absolute Gasteiger partial charge is 0.487 e. The quantitative estimate of drug-likeness (QED) is 0.879. The summed E-state index contributed by atoms with van der Waals surface area (Å²) in [5.74, 6) is 0.367. The van der Waals surface area contributed by atoms with Crippen LogP contribution >= 0.6 is 0 Å². The third-order valence-electron chi connectivity index (χ3n) is 2.42. The summed E-state index contributed by atoms with van der Waals surface area (Å²) in [6.07, 6.45) is 3.28. The third kappa shape index (κ3) is 3.01. The molecule has 0 spiro atoms. The third-order valence-corrected chi connectivity index (χ3v) is 2.42. The van der Waals surface area contributed by atoms with Crippen molar-refractivity contribution < 1.29 is 9.13 Å². The van der Waals surface area contributed by atoms with Gasteiger partial charge in [0.05, 0.1) is 6.20 Å². The fourth-order valence-corrected chi connectivity index (χ4v) is 1.52. The van der Waals surface area contributed by atoms with Gasteiger partial charge in [0, 0.05) is 12.7 Å². The van der Waals surface area contributed by atoms with Gasteiger partial charge >= 0.3 is 0 Å². The summed E-state index contributed by atoms with van der Waals surface area (Å²) in [7, 11) is 0. The van der Waals surface area contributed by atoms with Crippen molar-refractivity contribution in [3.63, 3.8) is 0 Å². The Morgan fingerprint density at radius 1 is 1.24 bits per heavy atom. The van der Waals surface area contributed by atoms with Crippen LogP contribution in [-0.4, -0.2) is 4.98 Å². The van der Waals surface area contributed by atoms with Gasteiger partial charge in [0.15, 0.2) is 0 Å². The minimum absolute atomic E-state index is 0.285. The van der Waals surface area contributed by atoms with Crippen LogP contribution in [0.4, 0.5) is 4.39 Å². The van der Waals surface area contributed by atoms with Crippen LogP contribution in [0.3, 0.4) is 0 Å². The number of hydrogen-bond donors (Lipinski definition) is 1. The molecule has 0 amide bonds. The van der Waals surface area contributed by atoms with Crippen molar-refractivity contribution in [1.29, 1.82) is 0 Å². The van der Waals surface area contributed by atoms with Gasteiger partial charge < -0.3 is 10.5 Å². The molecule has 0 aliphatic heterocycles. The molecule has 2 N–H and O–H groups in total. The molecule has 0 aliphatic carbocycles. The molecule has 0 radical (unpaired) electrons. The van der Waals surface area contributed by atoms with E-state index in [9.17, 15) is 4.39 Å². The van der Waals surface area contributed by atoms with E-state index < -0.39 is 0 Å². The lowest BCUT2D eigenvalue weighted by Gasteiger charge is -2.09. The molecule has 3 nitrogen and oxygen atoms in total. The van der Waals surface area contributed by atoms with Crippen LogP contribution in [0, 0.1) is 5.82 Å². The zero-order chi connectivity index (χ0) is 12.1. The number of benzene rings is 1. The molecule has 4 heteroatoms. The number of pyridine rings is 1. The van der Waals surface area contributed by atoms with Gasteiger partial charge in [-0.25, -0.2) is 4.39 Å². The first-order valence-electron chi connectivity index (χ1n) is 5.30. The first-order chi connectivity index (χ1) is 8.29. The Balaban J connectivity index is 2.11. The zero-order valence-corrected chi connectivity index (χ0v) is 9.27. The van der Waals surface area contributed by atoms with E-state index >= 15 is 0 Å². The molecule has 2 aromatic rings. The van der Waals surface area contributed by atoms with Crippen LogP contribution in [0.1, 0.15) is 11.1 Å². The minimum Gasteiger partial charge on any atom is -0.487 e. The van der Waals surface area contributed by atoms with Crippen molar-refractivity contribution in [3.05, 3.63) is 59.7 Å². The number of halogens is 1. The predicted octanol–water partition coefficient (Wildman–Crippen LogP) is 2.26. The van der Waals surface area contributed by atoms with E-state index in [0.29, 0.717) is 12.3 Å². The van der Waals surface area contributed by atoms with Gasteiger partial charge in [-0.1, -0.05) is 6.07 Å². The van der Waals surface area contributed by atoms with Crippen LogP contribution in [-0.2, 0) is 13.2 Å². The number of aromatic nitrogens is 1. The highest BCUT2D eigenvalue weighted by molar-refractivity contribution is 5.28. The molecule has 2 rings (SSSR count). The molecule has 1 aromatic carbocycles. The van der Waals surface area contributed by atoms with E-state index in [4.69, 9.17) is 10.5 Å². The Hall–Kier alpha value is -1.94. The fourth-order valence-electron chi connectivity index (χ4n) is 1.52. The minimum atomic E-state index is -0.285. The first-order valence-corrected chi connectivity index (χ1v) is 5.30. The SMILES string of the molecule is NCc1ccc(F)cc1COc1cccnc1. The van der Waals surface area contributed by atoms with Crippen molar-refractivity contribution in [2.45, 2.75) is 13.2 Å². The standard InChI is InChI=1S/C13H13FN2O/c14-12-4-3-10(7-15)11(6-12)9-17-13-2-1-5-16-8-13/h1-6,8H,7,9,15H2. The van der Waals surface area contributed by atoms with E-state index in [1.807, 2.05) is 0 Å². The summed E-state index contributed by atoms with van der Waals surface area (Å²) in [6, 6.07) is 8.10. The molecule has 0 saturated heterocycles. The van der Waals surface area contributed by atoms with Crippen LogP contribution < -0.4 is 10.5 Å². The second-order valence-electron chi connectivity index (χ2n) is 3.59. The lowest BCUT2D eigenvalue weighted by molar-refractivity contribution is 0.303. The second kappa shape index (κ2) is 5.41. The van der Waals surface area contributed by atoms with Gasteiger partial charge in [0.25, 0.3) is 0 Å². The average Bonchev–Trinajstić information content (AvgIpc) is 2.38. The summed E-state index contributed by atoms with van der Waals surface area (Å²) in [4.78, 5) is 3.93. The number of ether oxygens (including phenoxy) is 1. The Morgan fingerprint density at radius 3 is 2.82 bits per heavy atom. The van der Waals surface area contributed by atoms with Gasteiger partial charge in [-0.05, 0) is 35.4 Å². The van der Waals surface area contributed by atoms with Crippen molar-refractivity contribution in [2.24, 2.45) is 5.73 Å². The summed E-state index contributed by atoms with van der Waals surface area (Å²) < 4.78 is 18.6. The van der Waals surface area contributed by atoms with Gasteiger partial charge in [-0.2, -0.15) is 0 Å². The number of rotatable bonds is 4. The summed E-state index contributed by atoms with van der Waals surface area (Å²) in [5.41, 5.74) is 7.22. The second-order valence-corrected chi connectivity index (χ2v) is 3.59. The Kier molecular flexibility index (Phi) is 3.67. The number of hydrogen-bond acceptors (Lipinski definition) is 3. The molecule has 1 heterocycles. The topological polar surface area (TPSA) is 48.1 Å². The normalized spacial score (nSPS) is 10.2. The van der Waals surface area contributed by atoms with E-state index in [1.54, 1.807) is 30.6 Å². The molecule has 88 valence electrons. The maximum atomic E-state index is 13.1. The summed E-state index contributed by atoms with van der Waals surface area (Å²) in [6.45, 7) is 0.655. The fraction of sp³-hybridized carbons (Fsp3) is 0.154. The highest BCUT2D eigenvalue weighted by Crippen LogP contribution is 2.15. The van der Waals surface area contributed by atoms with Crippen LogP contribution in [0.15, 0.2) is 42.7 Å². The smallest absolute Gasteiger partial charge is 0.138 e. The van der Waals surface area contributed by atoms with E-state index in [1.165, 1.54) is 12.1 Å². The molecule has 0 saturated carbocycles. The molecule has 0 fully saturated rings. The van der Waals surface area contributed by atoms with Crippen molar-refractivity contribution >= 4 is 0 Å².